The normalized spacial score (nSPS) is 11.8. The van der Waals surface area contributed by atoms with Crippen LogP contribution in [-0.2, 0) is 35.3 Å². The van der Waals surface area contributed by atoms with Gasteiger partial charge in [-0.25, -0.2) is 4.79 Å². The molecule has 1 amide bonds. The molecule has 41 heavy (non-hydrogen) atoms. The molecule has 0 aromatic heterocycles. The van der Waals surface area contributed by atoms with Crippen molar-refractivity contribution in [3.05, 3.63) is 131 Å². The SMILES string of the molecule is COC(=O)C(Cc1ccc(OCc2ccccc2)cc1)NC(=O)c1ccc(OCc2ccccc2C(F)(F)F)cc1. The minimum absolute atomic E-state index is 0.00136. The first kappa shape index (κ1) is 29.2. The van der Waals surface area contributed by atoms with Crippen molar-refractivity contribution >= 4 is 11.9 Å². The number of rotatable bonds is 11. The van der Waals surface area contributed by atoms with E-state index in [-0.39, 0.29) is 29.9 Å². The monoisotopic (exact) mass is 563 g/mol. The first-order valence-electron chi connectivity index (χ1n) is 12.8. The van der Waals surface area contributed by atoms with Gasteiger partial charge in [-0.2, -0.15) is 13.2 Å². The van der Waals surface area contributed by atoms with Gasteiger partial charge in [0, 0.05) is 17.5 Å². The first-order valence-corrected chi connectivity index (χ1v) is 12.8. The van der Waals surface area contributed by atoms with Gasteiger partial charge in [-0.05, 0) is 53.6 Å². The van der Waals surface area contributed by atoms with E-state index in [1.54, 1.807) is 12.1 Å². The van der Waals surface area contributed by atoms with E-state index < -0.39 is 29.7 Å². The van der Waals surface area contributed by atoms with Gasteiger partial charge in [-0.1, -0.05) is 60.7 Å². The Balaban J connectivity index is 1.34. The summed E-state index contributed by atoms with van der Waals surface area (Å²) in [6, 6.07) is 27.1. The number of amides is 1. The highest BCUT2D eigenvalue weighted by molar-refractivity contribution is 5.96. The van der Waals surface area contributed by atoms with Gasteiger partial charge >= 0.3 is 12.1 Å². The Hall–Kier alpha value is -4.79. The molecule has 0 aliphatic carbocycles. The average Bonchev–Trinajstić information content (AvgIpc) is 2.99. The third-order valence-electron chi connectivity index (χ3n) is 6.24. The molecule has 0 saturated heterocycles. The lowest BCUT2D eigenvalue weighted by atomic mass is 10.0. The molecular formula is C32H28F3NO5. The predicted molar refractivity (Wildman–Crippen MR) is 146 cm³/mol. The zero-order valence-electron chi connectivity index (χ0n) is 22.2. The van der Waals surface area contributed by atoms with Crippen molar-refractivity contribution in [2.45, 2.75) is 31.9 Å². The number of hydrogen-bond acceptors (Lipinski definition) is 5. The highest BCUT2D eigenvalue weighted by atomic mass is 19.4. The van der Waals surface area contributed by atoms with Crippen LogP contribution in [0.5, 0.6) is 11.5 Å². The maximum absolute atomic E-state index is 13.2. The van der Waals surface area contributed by atoms with Gasteiger partial charge in [-0.15, -0.1) is 0 Å². The fourth-order valence-electron chi connectivity index (χ4n) is 4.06. The number of carbonyl (C=O) groups excluding carboxylic acids is 2. The zero-order chi connectivity index (χ0) is 29.2. The van der Waals surface area contributed by atoms with Crippen LogP contribution in [0.25, 0.3) is 0 Å². The molecule has 4 aromatic carbocycles. The molecule has 1 unspecified atom stereocenters. The minimum Gasteiger partial charge on any atom is -0.489 e. The minimum atomic E-state index is -4.49. The Morgan fingerprint density at radius 1 is 0.732 bits per heavy atom. The quantitative estimate of drug-likeness (QED) is 0.215. The van der Waals surface area contributed by atoms with Gasteiger partial charge in [-0.3, -0.25) is 4.79 Å². The van der Waals surface area contributed by atoms with Crippen LogP contribution in [0.2, 0.25) is 0 Å². The Kier molecular flexibility index (Phi) is 9.63. The third-order valence-corrected chi connectivity index (χ3v) is 6.24. The van der Waals surface area contributed by atoms with E-state index in [0.717, 1.165) is 17.2 Å². The summed E-state index contributed by atoms with van der Waals surface area (Å²) in [5, 5.41) is 2.68. The number of hydrogen-bond donors (Lipinski definition) is 1. The lowest BCUT2D eigenvalue weighted by molar-refractivity contribution is -0.143. The number of methoxy groups -OCH3 is 1. The number of esters is 1. The first-order chi connectivity index (χ1) is 19.7. The lowest BCUT2D eigenvalue weighted by Gasteiger charge is -2.17. The average molecular weight is 564 g/mol. The Bertz CT molecular complexity index is 1440. The molecule has 0 aliphatic heterocycles. The molecule has 0 spiro atoms. The second kappa shape index (κ2) is 13.5. The molecule has 0 saturated carbocycles. The summed E-state index contributed by atoms with van der Waals surface area (Å²) in [4.78, 5) is 25.3. The van der Waals surface area contributed by atoms with Crippen molar-refractivity contribution < 1.29 is 37.0 Å². The van der Waals surface area contributed by atoms with Crippen LogP contribution in [0, 0.1) is 0 Å². The standard InChI is InChI=1S/C32H28F3NO5/c1-39-31(38)29(19-22-11-15-26(16-12-22)40-20-23-7-3-2-4-8-23)36-30(37)24-13-17-27(18-14-24)41-21-25-9-5-6-10-28(25)32(33,34)35/h2-18,29H,19-21H2,1H3,(H,36,37). The summed E-state index contributed by atoms with van der Waals surface area (Å²) >= 11 is 0. The van der Waals surface area contributed by atoms with Crippen LogP contribution in [0.3, 0.4) is 0 Å². The molecule has 0 radical (unpaired) electrons. The molecule has 9 heteroatoms. The van der Waals surface area contributed by atoms with E-state index in [1.807, 2.05) is 42.5 Å². The number of benzene rings is 4. The van der Waals surface area contributed by atoms with Crippen LogP contribution in [0.15, 0.2) is 103 Å². The summed E-state index contributed by atoms with van der Waals surface area (Å²) in [6.45, 7) is 0.132. The summed E-state index contributed by atoms with van der Waals surface area (Å²) in [5.74, 6) is -0.165. The highest BCUT2D eigenvalue weighted by Crippen LogP contribution is 2.32. The summed E-state index contributed by atoms with van der Waals surface area (Å²) in [7, 11) is 1.24. The smallest absolute Gasteiger partial charge is 0.416 e. The molecule has 0 fully saturated rings. The van der Waals surface area contributed by atoms with E-state index in [1.165, 1.54) is 49.6 Å². The van der Waals surface area contributed by atoms with E-state index >= 15 is 0 Å². The number of nitrogens with one attached hydrogen (secondary N) is 1. The number of halogens is 3. The van der Waals surface area contributed by atoms with E-state index in [4.69, 9.17) is 14.2 Å². The maximum atomic E-state index is 13.2. The van der Waals surface area contributed by atoms with Crippen molar-refractivity contribution in [1.29, 1.82) is 0 Å². The summed E-state index contributed by atoms with van der Waals surface area (Å²) < 4.78 is 55.8. The molecule has 0 heterocycles. The Morgan fingerprint density at radius 2 is 1.32 bits per heavy atom. The van der Waals surface area contributed by atoms with Crippen molar-refractivity contribution in [2.75, 3.05) is 7.11 Å². The molecular weight excluding hydrogens is 535 g/mol. The summed E-state index contributed by atoms with van der Waals surface area (Å²) in [6.07, 6.45) is -4.30. The Labute approximate surface area is 235 Å². The van der Waals surface area contributed by atoms with Gasteiger partial charge in [0.1, 0.15) is 30.8 Å². The van der Waals surface area contributed by atoms with Crippen LogP contribution >= 0.6 is 0 Å². The van der Waals surface area contributed by atoms with Crippen LogP contribution in [0.1, 0.15) is 32.6 Å². The molecule has 212 valence electrons. The van der Waals surface area contributed by atoms with E-state index in [2.05, 4.69) is 5.32 Å². The van der Waals surface area contributed by atoms with Crippen molar-refractivity contribution in [1.82, 2.24) is 5.32 Å². The lowest BCUT2D eigenvalue weighted by Crippen LogP contribution is -2.43. The largest absolute Gasteiger partial charge is 0.489 e. The molecule has 4 rings (SSSR count). The van der Waals surface area contributed by atoms with E-state index in [9.17, 15) is 22.8 Å². The van der Waals surface area contributed by atoms with Crippen molar-refractivity contribution in [3.8, 4) is 11.5 Å². The van der Waals surface area contributed by atoms with Gasteiger partial charge in [0.25, 0.3) is 5.91 Å². The van der Waals surface area contributed by atoms with Gasteiger partial charge in [0.2, 0.25) is 0 Å². The molecule has 1 N–H and O–H groups in total. The predicted octanol–water partition coefficient (Wildman–Crippen LogP) is 6.38. The fraction of sp³-hybridized carbons (Fsp3) is 0.188. The van der Waals surface area contributed by atoms with Gasteiger partial charge in [0.15, 0.2) is 0 Å². The summed E-state index contributed by atoms with van der Waals surface area (Å²) in [5.41, 5.74) is 1.30. The second-order valence-electron chi connectivity index (χ2n) is 9.14. The Morgan fingerprint density at radius 3 is 1.95 bits per heavy atom. The van der Waals surface area contributed by atoms with Crippen LogP contribution in [-0.4, -0.2) is 25.0 Å². The molecule has 6 nitrogen and oxygen atoms in total. The van der Waals surface area contributed by atoms with Gasteiger partial charge < -0.3 is 19.5 Å². The molecule has 4 aromatic rings. The topological polar surface area (TPSA) is 73.9 Å². The van der Waals surface area contributed by atoms with Gasteiger partial charge in [0.05, 0.1) is 12.7 Å². The van der Waals surface area contributed by atoms with Crippen molar-refractivity contribution in [2.24, 2.45) is 0 Å². The molecule has 0 bridgehead atoms. The zero-order valence-corrected chi connectivity index (χ0v) is 22.2. The number of carbonyl (C=O) groups is 2. The molecule has 1 atom stereocenters. The molecule has 0 aliphatic rings. The fourth-order valence-corrected chi connectivity index (χ4v) is 4.06. The number of ether oxygens (including phenoxy) is 3. The highest BCUT2D eigenvalue weighted by Gasteiger charge is 2.33. The number of alkyl halides is 3. The van der Waals surface area contributed by atoms with Crippen molar-refractivity contribution in [3.63, 3.8) is 0 Å². The second-order valence-corrected chi connectivity index (χ2v) is 9.14. The van der Waals surface area contributed by atoms with E-state index in [0.29, 0.717) is 12.4 Å². The third kappa shape index (κ3) is 8.35. The maximum Gasteiger partial charge on any atom is 0.416 e. The van der Waals surface area contributed by atoms with Crippen LogP contribution in [0.4, 0.5) is 13.2 Å². The van der Waals surface area contributed by atoms with Crippen LogP contribution < -0.4 is 14.8 Å².